The number of hydrogen-bond acceptors (Lipinski definition) is 6. The predicted molar refractivity (Wildman–Crippen MR) is 130 cm³/mol. The van der Waals surface area contributed by atoms with Gasteiger partial charge in [-0.05, 0) is 41.8 Å². The number of nitrogen functional groups attached to an aromatic ring is 1. The zero-order valence-electron chi connectivity index (χ0n) is 18.6. The fraction of sp³-hybridized carbons (Fsp3) is 0.120. The standard InChI is InChI=1S/C25H23FN4O3S/c1-16(2)21-11-3-4-12-22(21)23-15-24(33-19-9-5-7-17(26)13-19)29-25(28-23)30-34(31,32)20-10-6-8-18(27)14-20/h3-16H,27H2,1-2H3,(H,28,29,30). The van der Waals surface area contributed by atoms with Crippen molar-refractivity contribution in [2.75, 3.05) is 10.5 Å². The molecule has 4 rings (SSSR count). The smallest absolute Gasteiger partial charge is 0.264 e. The number of anilines is 2. The highest BCUT2D eigenvalue weighted by Gasteiger charge is 2.19. The maximum absolute atomic E-state index is 13.7. The van der Waals surface area contributed by atoms with Gasteiger partial charge in [-0.25, -0.2) is 22.5 Å². The van der Waals surface area contributed by atoms with Gasteiger partial charge in [0.1, 0.15) is 11.6 Å². The van der Waals surface area contributed by atoms with Gasteiger partial charge in [0.05, 0.1) is 10.6 Å². The Morgan fingerprint density at radius 1 is 0.941 bits per heavy atom. The van der Waals surface area contributed by atoms with Crippen LogP contribution in [0.2, 0.25) is 0 Å². The van der Waals surface area contributed by atoms with E-state index >= 15 is 0 Å². The molecule has 3 N–H and O–H groups in total. The SMILES string of the molecule is CC(C)c1ccccc1-c1cc(Oc2cccc(F)c2)nc(NS(=O)(=O)c2cccc(N)c2)n1. The van der Waals surface area contributed by atoms with Crippen LogP contribution in [0.15, 0.2) is 83.8 Å². The summed E-state index contributed by atoms with van der Waals surface area (Å²) in [6.45, 7) is 4.10. The highest BCUT2D eigenvalue weighted by atomic mass is 32.2. The topological polar surface area (TPSA) is 107 Å². The number of nitrogens with zero attached hydrogens (tertiary/aromatic N) is 2. The molecule has 0 unspecified atom stereocenters. The van der Waals surface area contributed by atoms with Crippen LogP contribution >= 0.6 is 0 Å². The van der Waals surface area contributed by atoms with Crippen LogP contribution in [0.1, 0.15) is 25.3 Å². The minimum atomic E-state index is -4.03. The van der Waals surface area contributed by atoms with Gasteiger partial charge in [0, 0.05) is 23.4 Å². The van der Waals surface area contributed by atoms with Crippen LogP contribution in [0.25, 0.3) is 11.3 Å². The number of benzene rings is 3. The third kappa shape index (κ3) is 5.32. The zero-order chi connectivity index (χ0) is 24.3. The number of sulfonamides is 1. The second-order valence-electron chi connectivity index (χ2n) is 7.89. The molecule has 9 heteroatoms. The Kier molecular flexibility index (Phi) is 6.47. The van der Waals surface area contributed by atoms with Crippen molar-refractivity contribution in [3.05, 3.63) is 90.2 Å². The Morgan fingerprint density at radius 2 is 1.71 bits per heavy atom. The number of hydrogen-bond donors (Lipinski definition) is 2. The molecule has 0 atom stereocenters. The van der Waals surface area contributed by atoms with Crippen molar-refractivity contribution in [2.24, 2.45) is 0 Å². The van der Waals surface area contributed by atoms with Gasteiger partial charge in [-0.3, -0.25) is 0 Å². The maximum Gasteiger partial charge on any atom is 0.264 e. The molecule has 0 fully saturated rings. The van der Waals surface area contributed by atoms with E-state index in [4.69, 9.17) is 10.5 Å². The van der Waals surface area contributed by atoms with E-state index in [-0.39, 0.29) is 28.4 Å². The Hall–Kier alpha value is -3.98. The fourth-order valence-corrected chi connectivity index (χ4v) is 4.41. The van der Waals surface area contributed by atoms with Crippen molar-refractivity contribution in [3.63, 3.8) is 0 Å². The van der Waals surface area contributed by atoms with E-state index in [9.17, 15) is 12.8 Å². The molecule has 174 valence electrons. The van der Waals surface area contributed by atoms with Crippen molar-refractivity contribution in [1.82, 2.24) is 9.97 Å². The van der Waals surface area contributed by atoms with Gasteiger partial charge in [0.25, 0.3) is 10.0 Å². The van der Waals surface area contributed by atoms with E-state index in [0.717, 1.165) is 11.1 Å². The van der Waals surface area contributed by atoms with Gasteiger partial charge in [0.2, 0.25) is 11.8 Å². The first-order valence-electron chi connectivity index (χ1n) is 10.5. The number of rotatable bonds is 7. The zero-order valence-corrected chi connectivity index (χ0v) is 19.4. The Morgan fingerprint density at radius 3 is 2.44 bits per heavy atom. The summed E-state index contributed by atoms with van der Waals surface area (Å²) in [6.07, 6.45) is 0. The highest BCUT2D eigenvalue weighted by molar-refractivity contribution is 7.92. The third-order valence-electron chi connectivity index (χ3n) is 4.97. The maximum atomic E-state index is 13.7. The summed E-state index contributed by atoms with van der Waals surface area (Å²) in [5, 5.41) is 0. The van der Waals surface area contributed by atoms with Crippen LogP contribution in [0.4, 0.5) is 16.0 Å². The first-order chi connectivity index (χ1) is 16.2. The molecule has 1 aromatic heterocycles. The van der Waals surface area contributed by atoms with Crippen LogP contribution < -0.4 is 15.2 Å². The molecule has 7 nitrogen and oxygen atoms in total. The van der Waals surface area contributed by atoms with Crippen LogP contribution in [0.5, 0.6) is 11.6 Å². The van der Waals surface area contributed by atoms with Crippen molar-refractivity contribution in [2.45, 2.75) is 24.7 Å². The number of aromatic nitrogens is 2. The summed E-state index contributed by atoms with van der Waals surface area (Å²) in [5.41, 5.74) is 8.32. The molecule has 0 aliphatic heterocycles. The van der Waals surface area contributed by atoms with Crippen LogP contribution in [0, 0.1) is 5.82 Å². The highest BCUT2D eigenvalue weighted by Crippen LogP contribution is 2.32. The summed E-state index contributed by atoms with van der Waals surface area (Å²) in [5.74, 6) is -0.207. The van der Waals surface area contributed by atoms with Gasteiger partial charge in [0.15, 0.2) is 0 Å². The van der Waals surface area contributed by atoms with Gasteiger partial charge in [-0.1, -0.05) is 50.2 Å². The normalized spacial score (nSPS) is 11.4. The van der Waals surface area contributed by atoms with E-state index in [0.29, 0.717) is 11.4 Å². The summed E-state index contributed by atoms with van der Waals surface area (Å²) >= 11 is 0. The third-order valence-corrected chi connectivity index (χ3v) is 6.30. The number of nitrogens with two attached hydrogens (primary N) is 1. The number of halogens is 1. The van der Waals surface area contributed by atoms with Crippen LogP contribution in [-0.4, -0.2) is 18.4 Å². The molecular weight excluding hydrogens is 455 g/mol. The van der Waals surface area contributed by atoms with Crippen LogP contribution in [0.3, 0.4) is 0 Å². The molecule has 1 heterocycles. The molecule has 0 bridgehead atoms. The number of ether oxygens (including phenoxy) is 1. The van der Waals surface area contributed by atoms with E-state index in [1.807, 2.05) is 38.1 Å². The van der Waals surface area contributed by atoms with Crippen molar-refractivity contribution >= 4 is 21.7 Å². The average Bonchev–Trinajstić information content (AvgIpc) is 2.78. The second kappa shape index (κ2) is 9.48. The lowest BCUT2D eigenvalue weighted by Gasteiger charge is -2.15. The quantitative estimate of drug-likeness (QED) is 0.336. The predicted octanol–water partition coefficient (Wildman–Crippen LogP) is 5.58. The Labute approximate surface area is 197 Å². The lowest BCUT2D eigenvalue weighted by molar-refractivity contribution is 0.458. The van der Waals surface area contributed by atoms with Crippen molar-refractivity contribution in [1.29, 1.82) is 0 Å². The monoisotopic (exact) mass is 478 g/mol. The molecule has 0 aliphatic carbocycles. The lowest BCUT2D eigenvalue weighted by atomic mass is 9.95. The van der Waals surface area contributed by atoms with E-state index in [2.05, 4.69) is 14.7 Å². The molecule has 0 saturated carbocycles. The first kappa shape index (κ1) is 23.2. The second-order valence-corrected chi connectivity index (χ2v) is 9.58. The minimum absolute atomic E-state index is 0.0308. The minimum Gasteiger partial charge on any atom is -0.439 e. The molecule has 0 spiro atoms. The van der Waals surface area contributed by atoms with Crippen molar-refractivity contribution in [3.8, 4) is 22.9 Å². The lowest BCUT2D eigenvalue weighted by Crippen LogP contribution is -2.16. The molecule has 3 aromatic carbocycles. The van der Waals surface area contributed by atoms with Gasteiger partial charge < -0.3 is 10.5 Å². The summed E-state index contributed by atoms with van der Waals surface area (Å²) in [7, 11) is -4.03. The summed E-state index contributed by atoms with van der Waals surface area (Å²) in [6, 6.07) is 20.7. The van der Waals surface area contributed by atoms with Crippen molar-refractivity contribution < 1.29 is 17.5 Å². The van der Waals surface area contributed by atoms with Crippen LogP contribution in [-0.2, 0) is 10.0 Å². The Balaban J connectivity index is 1.80. The average molecular weight is 479 g/mol. The largest absolute Gasteiger partial charge is 0.439 e. The molecule has 0 saturated heterocycles. The van der Waals surface area contributed by atoms with Gasteiger partial charge in [-0.2, -0.15) is 4.98 Å². The van der Waals surface area contributed by atoms with E-state index in [1.165, 1.54) is 30.3 Å². The summed E-state index contributed by atoms with van der Waals surface area (Å²) < 4.78 is 47.7. The molecule has 0 radical (unpaired) electrons. The van der Waals surface area contributed by atoms with E-state index in [1.54, 1.807) is 24.3 Å². The molecule has 4 aromatic rings. The van der Waals surface area contributed by atoms with Gasteiger partial charge >= 0.3 is 0 Å². The molecule has 0 amide bonds. The summed E-state index contributed by atoms with van der Waals surface area (Å²) in [4.78, 5) is 8.64. The van der Waals surface area contributed by atoms with Gasteiger partial charge in [-0.15, -0.1) is 0 Å². The number of nitrogens with one attached hydrogen (secondary N) is 1. The molecule has 34 heavy (non-hydrogen) atoms. The first-order valence-corrected chi connectivity index (χ1v) is 12.0. The Bertz CT molecular complexity index is 1440. The fourth-order valence-electron chi connectivity index (χ4n) is 3.41. The van der Waals surface area contributed by atoms with E-state index < -0.39 is 15.8 Å². The molecular formula is C25H23FN4O3S. The molecule has 0 aliphatic rings.